The lowest BCUT2D eigenvalue weighted by Gasteiger charge is -2.20. The third-order valence-electron chi connectivity index (χ3n) is 5.41. The van der Waals surface area contributed by atoms with Gasteiger partial charge in [0.1, 0.15) is 16.4 Å². The molecule has 1 atom stereocenters. The van der Waals surface area contributed by atoms with E-state index in [4.69, 9.17) is 20.9 Å². The van der Waals surface area contributed by atoms with Crippen LogP contribution in [0.25, 0.3) is 33.9 Å². The van der Waals surface area contributed by atoms with Crippen LogP contribution in [0.3, 0.4) is 0 Å². The van der Waals surface area contributed by atoms with Crippen LogP contribution < -0.4 is 0 Å². The minimum atomic E-state index is -0.474. The Morgan fingerprint density at radius 2 is 2.09 bits per heavy atom. The highest BCUT2D eigenvalue weighted by atomic mass is 35.5. The van der Waals surface area contributed by atoms with Gasteiger partial charge in [-0.25, -0.2) is 9.97 Å². The SMILES string of the molecule is CC(C)(C)OC(=O)CC1CCn2c1cc1cc(-c3noc(-c4cnc(Cl)cn4)n3)ccc12. The van der Waals surface area contributed by atoms with Crippen molar-refractivity contribution < 1.29 is 14.1 Å². The molecule has 4 heterocycles. The van der Waals surface area contributed by atoms with E-state index in [0.717, 1.165) is 35.1 Å². The number of aromatic nitrogens is 5. The summed E-state index contributed by atoms with van der Waals surface area (Å²) in [5, 5.41) is 5.46. The maximum atomic E-state index is 12.3. The van der Waals surface area contributed by atoms with Crippen molar-refractivity contribution in [3.63, 3.8) is 0 Å². The van der Waals surface area contributed by atoms with Gasteiger partial charge in [-0.15, -0.1) is 0 Å². The maximum absolute atomic E-state index is 12.3. The van der Waals surface area contributed by atoms with E-state index in [-0.39, 0.29) is 17.8 Å². The summed E-state index contributed by atoms with van der Waals surface area (Å²) in [4.78, 5) is 24.9. The van der Waals surface area contributed by atoms with Gasteiger partial charge in [0.05, 0.1) is 18.8 Å². The number of ether oxygens (including phenoxy) is 1. The van der Waals surface area contributed by atoms with Gasteiger partial charge in [0.15, 0.2) is 0 Å². The van der Waals surface area contributed by atoms with Crippen LogP contribution in [0.2, 0.25) is 5.15 Å². The monoisotopic (exact) mass is 451 g/mol. The Balaban J connectivity index is 1.40. The zero-order valence-electron chi connectivity index (χ0n) is 18.0. The molecule has 0 spiro atoms. The highest BCUT2D eigenvalue weighted by Crippen LogP contribution is 2.38. The first-order chi connectivity index (χ1) is 15.3. The van der Waals surface area contributed by atoms with Crippen LogP contribution in [0.5, 0.6) is 0 Å². The van der Waals surface area contributed by atoms with E-state index in [2.05, 4.69) is 36.8 Å². The van der Waals surface area contributed by atoms with Crippen molar-refractivity contribution in [2.45, 2.75) is 51.7 Å². The molecule has 1 aliphatic heterocycles. The van der Waals surface area contributed by atoms with Crippen molar-refractivity contribution in [1.29, 1.82) is 0 Å². The fraction of sp³-hybridized carbons (Fsp3) is 0.348. The molecule has 0 amide bonds. The first-order valence-electron chi connectivity index (χ1n) is 10.4. The zero-order chi connectivity index (χ0) is 22.5. The summed E-state index contributed by atoms with van der Waals surface area (Å²) in [6.07, 6.45) is 4.24. The van der Waals surface area contributed by atoms with Crippen molar-refractivity contribution in [3.05, 3.63) is 47.5 Å². The Hall–Kier alpha value is -3.26. The summed E-state index contributed by atoms with van der Waals surface area (Å²) in [7, 11) is 0. The highest BCUT2D eigenvalue weighted by Gasteiger charge is 2.29. The van der Waals surface area contributed by atoms with Gasteiger partial charge < -0.3 is 13.8 Å². The lowest BCUT2D eigenvalue weighted by Crippen LogP contribution is -2.24. The van der Waals surface area contributed by atoms with Crippen molar-refractivity contribution in [2.24, 2.45) is 0 Å². The number of fused-ring (bicyclic) bond motifs is 3. The van der Waals surface area contributed by atoms with E-state index in [0.29, 0.717) is 23.1 Å². The molecule has 3 aromatic heterocycles. The lowest BCUT2D eigenvalue weighted by molar-refractivity contribution is -0.155. The van der Waals surface area contributed by atoms with Gasteiger partial charge in [-0.1, -0.05) is 16.8 Å². The first-order valence-corrected chi connectivity index (χ1v) is 10.8. The Kier molecular flexibility index (Phi) is 4.97. The third-order valence-corrected chi connectivity index (χ3v) is 5.60. The molecule has 0 bridgehead atoms. The largest absolute Gasteiger partial charge is 0.460 e. The quantitative estimate of drug-likeness (QED) is 0.402. The average Bonchev–Trinajstić information content (AvgIpc) is 3.43. The Bertz CT molecular complexity index is 1300. The predicted molar refractivity (Wildman–Crippen MR) is 119 cm³/mol. The molecule has 1 unspecified atom stereocenters. The second-order valence-corrected chi connectivity index (χ2v) is 9.31. The number of benzene rings is 1. The zero-order valence-corrected chi connectivity index (χ0v) is 18.8. The predicted octanol–water partition coefficient (Wildman–Crippen LogP) is 5.02. The van der Waals surface area contributed by atoms with Gasteiger partial charge in [-0.3, -0.25) is 4.79 Å². The third kappa shape index (κ3) is 3.98. The van der Waals surface area contributed by atoms with E-state index in [9.17, 15) is 4.79 Å². The minimum absolute atomic E-state index is 0.154. The number of hydrogen-bond acceptors (Lipinski definition) is 7. The van der Waals surface area contributed by atoms with Crippen molar-refractivity contribution in [3.8, 4) is 23.0 Å². The van der Waals surface area contributed by atoms with Crippen LogP contribution in [0, 0.1) is 0 Å². The van der Waals surface area contributed by atoms with Gasteiger partial charge in [-0.05, 0) is 51.5 Å². The normalized spacial score (nSPS) is 15.8. The molecule has 0 aliphatic carbocycles. The standard InChI is InChI=1S/C23H22ClN5O3/c1-23(2,3)31-20(30)10-13-6-7-29-17-5-4-14(8-15(17)9-18(13)29)21-27-22(32-28-21)16-11-26-19(24)12-25-16/h4-5,8-9,11-13H,6-7,10H2,1-3H3. The second-order valence-electron chi connectivity index (χ2n) is 8.92. The number of nitrogens with zero attached hydrogens (tertiary/aromatic N) is 5. The second kappa shape index (κ2) is 7.70. The number of rotatable bonds is 4. The molecule has 5 rings (SSSR count). The van der Waals surface area contributed by atoms with E-state index < -0.39 is 5.60 Å². The van der Waals surface area contributed by atoms with Crippen LogP contribution in [0.4, 0.5) is 0 Å². The first kappa shape index (κ1) is 20.6. The van der Waals surface area contributed by atoms with Gasteiger partial charge in [0, 0.05) is 34.6 Å². The number of halogens is 1. The van der Waals surface area contributed by atoms with Crippen LogP contribution in [-0.4, -0.2) is 36.2 Å². The molecule has 0 saturated heterocycles. The number of hydrogen-bond donors (Lipinski definition) is 0. The van der Waals surface area contributed by atoms with Crippen LogP contribution in [0.15, 0.2) is 41.2 Å². The molecule has 0 N–H and O–H groups in total. The molecule has 32 heavy (non-hydrogen) atoms. The molecular formula is C23H22ClN5O3. The van der Waals surface area contributed by atoms with E-state index >= 15 is 0 Å². The summed E-state index contributed by atoms with van der Waals surface area (Å²) in [6, 6.07) is 8.21. The molecule has 8 nitrogen and oxygen atoms in total. The van der Waals surface area contributed by atoms with Gasteiger partial charge in [0.25, 0.3) is 5.89 Å². The maximum Gasteiger partial charge on any atom is 0.306 e. The van der Waals surface area contributed by atoms with Crippen molar-refractivity contribution >= 4 is 28.5 Å². The summed E-state index contributed by atoms with van der Waals surface area (Å²) in [5.41, 5.74) is 3.11. The van der Waals surface area contributed by atoms with Crippen LogP contribution >= 0.6 is 11.6 Å². The van der Waals surface area contributed by atoms with E-state index in [1.807, 2.05) is 32.9 Å². The number of esters is 1. The average molecular weight is 452 g/mol. The van der Waals surface area contributed by atoms with E-state index in [1.165, 1.54) is 12.4 Å². The Morgan fingerprint density at radius 3 is 2.84 bits per heavy atom. The fourth-order valence-corrected chi connectivity index (χ4v) is 4.21. The molecule has 1 aromatic carbocycles. The lowest BCUT2D eigenvalue weighted by atomic mass is 10.00. The van der Waals surface area contributed by atoms with Crippen LogP contribution in [0.1, 0.15) is 45.2 Å². The number of aryl methyl sites for hydroxylation is 1. The summed E-state index contributed by atoms with van der Waals surface area (Å²) < 4.78 is 13.2. The van der Waals surface area contributed by atoms with Gasteiger partial charge in [-0.2, -0.15) is 4.98 Å². The van der Waals surface area contributed by atoms with E-state index in [1.54, 1.807) is 0 Å². The molecule has 0 saturated carbocycles. The molecule has 1 aliphatic rings. The van der Waals surface area contributed by atoms with Crippen LogP contribution in [-0.2, 0) is 16.1 Å². The molecule has 0 fully saturated rings. The summed E-state index contributed by atoms with van der Waals surface area (Å²) >= 11 is 5.79. The Labute approximate surface area is 189 Å². The minimum Gasteiger partial charge on any atom is -0.460 e. The summed E-state index contributed by atoms with van der Waals surface area (Å²) in [6.45, 7) is 6.55. The molecular weight excluding hydrogens is 430 g/mol. The van der Waals surface area contributed by atoms with Gasteiger partial charge >= 0.3 is 5.97 Å². The fourth-order valence-electron chi connectivity index (χ4n) is 4.11. The number of carbonyl (C=O) groups excluding carboxylic acids is 1. The Morgan fingerprint density at radius 1 is 1.25 bits per heavy atom. The van der Waals surface area contributed by atoms with Crippen molar-refractivity contribution in [2.75, 3.05) is 0 Å². The molecule has 9 heteroatoms. The molecule has 4 aromatic rings. The topological polar surface area (TPSA) is 95.9 Å². The smallest absolute Gasteiger partial charge is 0.306 e. The summed E-state index contributed by atoms with van der Waals surface area (Å²) in [5.74, 6) is 0.740. The highest BCUT2D eigenvalue weighted by molar-refractivity contribution is 6.29. The number of carbonyl (C=O) groups is 1. The molecule has 164 valence electrons. The molecule has 0 radical (unpaired) electrons. The van der Waals surface area contributed by atoms with Gasteiger partial charge in [0.2, 0.25) is 5.82 Å². The van der Waals surface area contributed by atoms with Crippen molar-refractivity contribution in [1.82, 2.24) is 24.7 Å².